The Morgan fingerprint density at radius 3 is 2.44 bits per heavy atom. The fraction of sp³-hybridized carbons (Fsp3) is 0.281. The highest BCUT2D eigenvalue weighted by molar-refractivity contribution is 7.98. The van der Waals surface area contributed by atoms with Gasteiger partial charge in [-0.3, -0.25) is 0 Å². The molecule has 0 radical (unpaired) electrons. The van der Waals surface area contributed by atoms with E-state index in [0.29, 0.717) is 57.2 Å². The number of halogens is 1. The molecule has 218 valence electrons. The van der Waals surface area contributed by atoms with E-state index >= 15 is 0 Å². The maximum absolute atomic E-state index is 10.8. The van der Waals surface area contributed by atoms with Gasteiger partial charge >= 0.3 is 0 Å². The third-order valence-electron chi connectivity index (χ3n) is 6.96. The van der Waals surface area contributed by atoms with Gasteiger partial charge in [-0.25, -0.2) is 9.97 Å². The number of nitrogens with one attached hydrogen (secondary N) is 1. The lowest BCUT2D eigenvalue weighted by Crippen LogP contribution is -2.31. The van der Waals surface area contributed by atoms with E-state index < -0.39 is 0 Å². The van der Waals surface area contributed by atoms with Crippen LogP contribution in [0.15, 0.2) is 58.9 Å². The highest BCUT2D eigenvalue weighted by atomic mass is 35.5. The zero-order valence-electron chi connectivity index (χ0n) is 23.5. The number of aldehydes is 1. The van der Waals surface area contributed by atoms with Crippen LogP contribution in [0.3, 0.4) is 0 Å². The second-order valence-corrected chi connectivity index (χ2v) is 12.2. The van der Waals surface area contributed by atoms with Crippen LogP contribution in [-0.2, 0) is 10.5 Å². The Bertz CT molecular complexity index is 1660. The number of carbonyl (C=O) groups excluding carboxylic acids is 1. The van der Waals surface area contributed by atoms with Crippen molar-refractivity contribution in [2.24, 2.45) is 0 Å². The fourth-order valence-corrected chi connectivity index (χ4v) is 6.71. The first-order valence-electron chi connectivity index (χ1n) is 13.9. The molecule has 2 aromatic carbocycles. The van der Waals surface area contributed by atoms with Gasteiger partial charge in [0.15, 0.2) is 0 Å². The molecule has 1 aliphatic heterocycles. The molecule has 4 aromatic rings. The fourth-order valence-electron chi connectivity index (χ4n) is 4.77. The van der Waals surface area contributed by atoms with Crippen LogP contribution in [0.2, 0.25) is 5.02 Å². The summed E-state index contributed by atoms with van der Waals surface area (Å²) in [5.41, 5.74) is 3.99. The summed E-state index contributed by atoms with van der Waals surface area (Å²) in [4.78, 5) is 22.6. The minimum atomic E-state index is -0.232. The molecule has 8 nitrogen and oxygen atoms in total. The third kappa shape index (κ3) is 7.35. The number of benzene rings is 2. The van der Waals surface area contributed by atoms with E-state index in [9.17, 15) is 15.3 Å². The standard InChI is InChI=1S/C32H29ClN6O2S2/c1-21(18-40)36-12-15-41-26-10-6-22(7-11-26)29-27(16-34)30(39-13-2-3-14-39)38-32(28(29)17-35)43-20-25-19-42-31(37-25)23-4-8-24(33)9-5-23/h4-11,18-19,21,36H,2-3,12-15,20H2,1H3/t21-/m0/s1. The van der Waals surface area contributed by atoms with Crippen LogP contribution in [0.5, 0.6) is 5.75 Å². The van der Waals surface area contributed by atoms with Crippen molar-refractivity contribution in [2.45, 2.75) is 36.6 Å². The monoisotopic (exact) mass is 628 g/mol. The Kier molecular flexibility index (Phi) is 10.3. The number of hydrogen-bond donors (Lipinski definition) is 1. The van der Waals surface area contributed by atoms with Crippen LogP contribution >= 0.6 is 34.7 Å². The molecule has 1 N–H and O–H groups in total. The minimum absolute atomic E-state index is 0.232. The summed E-state index contributed by atoms with van der Waals surface area (Å²) < 4.78 is 5.82. The molecule has 1 saturated heterocycles. The number of thiazole rings is 1. The third-order valence-corrected chi connectivity index (χ3v) is 9.16. The Labute approximate surface area is 264 Å². The number of carbonyl (C=O) groups is 1. The molecule has 0 bridgehead atoms. The number of anilines is 1. The number of ether oxygens (including phenoxy) is 1. The molecule has 5 rings (SSSR count). The normalized spacial score (nSPS) is 13.3. The summed E-state index contributed by atoms with van der Waals surface area (Å²) >= 11 is 9.05. The summed E-state index contributed by atoms with van der Waals surface area (Å²) in [5, 5.41) is 27.9. The predicted molar refractivity (Wildman–Crippen MR) is 172 cm³/mol. The van der Waals surface area contributed by atoms with E-state index in [2.05, 4.69) is 22.4 Å². The molecule has 0 unspecified atom stereocenters. The Balaban J connectivity index is 1.43. The largest absolute Gasteiger partial charge is 0.492 e. The smallest absolute Gasteiger partial charge is 0.148 e. The number of thioether (sulfide) groups is 1. The van der Waals surface area contributed by atoms with Gasteiger partial charge in [0.25, 0.3) is 0 Å². The average molecular weight is 629 g/mol. The SMILES string of the molecule is C[C@@H](C=O)NCCOc1ccc(-c2c(C#N)c(SCc3csc(-c4ccc(Cl)cc4)n3)nc(N3CCCC3)c2C#N)cc1. The maximum Gasteiger partial charge on any atom is 0.148 e. The number of aromatic nitrogens is 2. The zero-order chi connectivity index (χ0) is 30.2. The lowest BCUT2D eigenvalue weighted by Gasteiger charge is -2.22. The van der Waals surface area contributed by atoms with Crippen LogP contribution in [0.25, 0.3) is 21.7 Å². The molecule has 3 heterocycles. The van der Waals surface area contributed by atoms with Crippen LogP contribution in [0, 0.1) is 22.7 Å². The van der Waals surface area contributed by atoms with Crippen LogP contribution in [-0.4, -0.2) is 48.5 Å². The number of hydrogen-bond acceptors (Lipinski definition) is 10. The Morgan fingerprint density at radius 2 is 1.77 bits per heavy atom. The van der Waals surface area contributed by atoms with E-state index in [1.165, 1.54) is 11.8 Å². The van der Waals surface area contributed by atoms with Crippen LogP contribution < -0.4 is 15.0 Å². The highest BCUT2D eigenvalue weighted by Crippen LogP contribution is 2.40. The number of rotatable bonds is 12. The van der Waals surface area contributed by atoms with Gasteiger partial charge in [0.05, 0.1) is 17.3 Å². The van der Waals surface area contributed by atoms with Gasteiger partial charge in [-0.05, 0) is 49.6 Å². The van der Waals surface area contributed by atoms with Crippen molar-refractivity contribution in [1.29, 1.82) is 10.5 Å². The van der Waals surface area contributed by atoms with Gasteiger partial charge in [0.1, 0.15) is 52.2 Å². The molecule has 2 aromatic heterocycles. The lowest BCUT2D eigenvalue weighted by molar-refractivity contribution is -0.109. The first-order valence-corrected chi connectivity index (χ1v) is 16.1. The zero-order valence-corrected chi connectivity index (χ0v) is 25.9. The molecule has 1 aliphatic rings. The van der Waals surface area contributed by atoms with Crippen molar-refractivity contribution in [1.82, 2.24) is 15.3 Å². The minimum Gasteiger partial charge on any atom is -0.492 e. The maximum atomic E-state index is 10.8. The molecular weight excluding hydrogens is 600 g/mol. The van der Waals surface area contributed by atoms with Gasteiger partial charge in [-0.15, -0.1) is 11.3 Å². The molecule has 1 fully saturated rings. The topological polar surface area (TPSA) is 115 Å². The second-order valence-electron chi connectivity index (χ2n) is 9.97. The predicted octanol–water partition coefficient (Wildman–Crippen LogP) is 6.72. The van der Waals surface area contributed by atoms with Crippen molar-refractivity contribution in [3.63, 3.8) is 0 Å². The Hall–Kier alpha value is -3.93. The number of nitriles is 2. The van der Waals surface area contributed by atoms with Crippen molar-refractivity contribution in [2.75, 3.05) is 31.1 Å². The summed E-state index contributed by atoms with van der Waals surface area (Å²) in [7, 11) is 0. The number of pyridine rings is 1. The first kappa shape index (κ1) is 30.5. The Morgan fingerprint density at radius 1 is 1.07 bits per heavy atom. The summed E-state index contributed by atoms with van der Waals surface area (Å²) in [5.74, 6) is 1.80. The van der Waals surface area contributed by atoms with Gasteiger partial charge in [-0.2, -0.15) is 10.5 Å². The molecule has 11 heteroatoms. The van der Waals surface area contributed by atoms with Crippen LogP contribution in [0.4, 0.5) is 5.82 Å². The average Bonchev–Trinajstić information content (AvgIpc) is 3.75. The molecule has 43 heavy (non-hydrogen) atoms. The molecule has 1 atom stereocenters. The summed E-state index contributed by atoms with van der Waals surface area (Å²) in [6.45, 7) is 4.35. The van der Waals surface area contributed by atoms with Crippen molar-refractivity contribution in [3.8, 4) is 39.6 Å². The van der Waals surface area contributed by atoms with E-state index in [-0.39, 0.29) is 6.04 Å². The van der Waals surface area contributed by atoms with Gasteiger partial charge < -0.3 is 19.7 Å². The van der Waals surface area contributed by atoms with Crippen molar-refractivity contribution in [3.05, 3.63) is 75.8 Å². The molecule has 0 amide bonds. The summed E-state index contributed by atoms with van der Waals surface area (Å²) in [6.07, 6.45) is 2.91. The second kappa shape index (κ2) is 14.5. The van der Waals surface area contributed by atoms with E-state index in [1.807, 2.05) is 53.9 Å². The van der Waals surface area contributed by atoms with Gasteiger partial charge in [-0.1, -0.05) is 47.6 Å². The lowest BCUT2D eigenvalue weighted by atomic mass is 9.96. The molecule has 0 spiro atoms. The summed E-state index contributed by atoms with van der Waals surface area (Å²) in [6, 6.07) is 19.5. The number of nitrogens with zero attached hydrogens (tertiary/aromatic N) is 5. The van der Waals surface area contributed by atoms with Gasteiger partial charge in [0, 0.05) is 46.9 Å². The molecule has 0 aliphatic carbocycles. The van der Waals surface area contributed by atoms with Crippen LogP contribution in [0.1, 0.15) is 36.6 Å². The molecular formula is C32H29ClN6O2S2. The highest BCUT2D eigenvalue weighted by Gasteiger charge is 2.26. The quantitative estimate of drug-likeness (QED) is 0.104. The van der Waals surface area contributed by atoms with Crippen molar-refractivity contribution >= 4 is 46.8 Å². The first-order chi connectivity index (χ1) is 21.0. The van der Waals surface area contributed by atoms with E-state index in [4.69, 9.17) is 26.3 Å². The van der Waals surface area contributed by atoms with Gasteiger partial charge in [0.2, 0.25) is 0 Å². The molecule has 0 saturated carbocycles. The van der Waals surface area contributed by atoms with E-state index in [1.54, 1.807) is 18.3 Å². The van der Waals surface area contributed by atoms with E-state index in [0.717, 1.165) is 54.0 Å². The van der Waals surface area contributed by atoms with Crippen molar-refractivity contribution < 1.29 is 9.53 Å².